The van der Waals surface area contributed by atoms with E-state index in [1.807, 2.05) is 6.21 Å². The van der Waals surface area contributed by atoms with E-state index in [-0.39, 0.29) is 0 Å². The van der Waals surface area contributed by atoms with E-state index in [1.54, 1.807) is 0 Å². The zero-order chi connectivity index (χ0) is 18.0. The number of nitrogens with zero attached hydrogens (tertiary/aromatic N) is 1. The van der Waals surface area contributed by atoms with E-state index in [0.717, 1.165) is 17.7 Å². The van der Waals surface area contributed by atoms with Crippen LogP contribution in [-0.4, -0.2) is 6.21 Å². The van der Waals surface area contributed by atoms with Crippen molar-refractivity contribution in [1.82, 2.24) is 0 Å². The Morgan fingerprint density at radius 3 is 2.28 bits per heavy atom. The molecule has 25 heavy (non-hydrogen) atoms. The van der Waals surface area contributed by atoms with Gasteiger partial charge in [-0.1, -0.05) is 53.6 Å². The van der Waals surface area contributed by atoms with Gasteiger partial charge in [-0.05, 0) is 68.9 Å². The molecule has 2 aromatic rings. The summed E-state index contributed by atoms with van der Waals surface area (Å²) in [6.07, 6.45) is 5.24. The summed E-state index contributed by atoms with van der Waals surface area (Å²) in [4.78, 5) is 0. The van der Waals surface area contributed by atoms with Gasteiger partial charge >= 0.3 is 0 Å². The maximum absolute atomic E-state index is 4.52. The van der Waals surface area contributed by atoms with E-state index in [2.05, 4.69) is 87.6 Å². The second-order valence-corrected chi connectivity index (χ2v) is 7.06. The molecule has 0 saturated carbocycles. The van der Waals surface area contributed by atoms with E-state index >= 15 is 0 Å². The number of hydrogen-bond acceptors (Lipinski definition) is 2. The highest BCUT2D eigenvalue weighted by atomic mass is 15.3. The maximum Gasteiger partial charge on any atom is 0.0620 e. The van der Waals surface area contributed by atoms with Gasteiger partial charge in [0.2, 0.25) is 0 Å². The summed E-state index contributed by atoms with van der Waals surface area (Å²) >= 11 is 0. The molecule has 1 aliphatic rings. The topological polar surface area (TPSA) is 24.4 Å². The molecule has 2 aromatic carbocycles. The summed E-state index contributed by atoms with van der Waals surface area (Å²) in [6, 6.07) is 12.8. The Morgan fingerprint density at radius 2 is 1.64 bits per heavy atom. The largest absolute Gasteiger partial charge is 0.278 e. The molecule has 2 nitrogen and oxygen atoms in total. The lowest BCUT2D eigenvalue weighted by atomic mass is 9.96. The van der Waals surface area contributed by atoms with Gasteiger partial charge in [-0.3, -0.25) is 5.43 Å². The van der Waals surface area contributed by atoms with Gasteiger partial charge in [0.05, 0.1) is 11.9 Å². The van der Waals surface area contributed by atoms with Crippen LogP contribution in [0.4, 0.5) is 5.69 Å². The quantitative estimate of drug-likeness (QED) is 0.525. The first-order valence-corrected chi connectivity index (χ1v) is 8.79. The van der Waals surface area contributed by atoms with Gasteiger partial charge in [-0.25, -0.2) is 0 Å². The lowest BCUT2D eigenvalue weighted by molar-refractivity contribution is 1.24. The standard InChI is InChI=1S/C23H26N2/c1-15-11-18(4)23(19(5)12-15)25-24-14-20-8-6-7-9-21(20)22-13-16(2)10-17(22)3/h6-12,14,25H,13H2,1-5H3/b24-14+. The van der Waals surface area contributed by atoms with Gasteiger partial charge in [0, 0.05) is 5.56 Å². The highest BCUT2D eigenvalue weighted by Crippen LogP contribution is 2.34. The van der Waals surface area contributed by atoms with Crippen molar-refractivity contribution in [2.75, 3.05) is 5.43 Å². The zero-order valence-electron chi connectivity index (χ0n) is 15.8. The second kappa shape index (κ2) is 7.10. The van der Waals surface area contributed by atoms with Gasteiger partial charge in [-0.15, -0.1) is 0 Å². The number of allylic oxidation sites excluding steroid dienone is 4. The van der Waals surface area contributed by atoms with Crippen molar-refractivity contribution in [3.8, 4) is 0 Å². The maximum atomic E-state index is 4.52. The molecule has 0 amide bonds. The van der Waals surface area contributed by atoms with E-state index in [4.69, 9.17) is 0 Å². The predicted octanol–water partition coefficient (Wildman–Crippen LogP) is 6.18. The van der Waals surface area contributed by atoms with Crippen LogP contribution >= 0.6 is 0 Å². The van der Waals surface area contributed by atoms with Gasteiger partial charge in [0.1, 0.15) is 0 Å². The highest BCUT2D eigenvalue weighted by molar-refractivity contribution is 5.91. The molecule has 0 radical (unpaired) electrons. The Bertz CT molecular complexity index is 875. The van der Waals surface area contributed by atoms with Gasteiger partial charge in [0.25, 0.3) is 0 Å². The molecule has 2 heteroatoms. The van der Waals surface area contributed by atoms with Crippen LogP contribution in [0.1, 0.15) is 48.1 Å². The zero-order valence-corrected chi connectivity index (χ0v) is 15.8. The molecule has 0 aromatic heterocycles. The van der Waals surface area contributed by atoms with E-state index in [1.165, 1.54) is 39.0 Å². The first-order valence-electron chi connectivity index (χ1n) is 8.79. The van der Waals surface area contributed by atoms with E-state index < -0.39 is 0 Å². The molecule has 1 N–H and O–H groups in total. The van der Waals surface area contributed by atoms with Crippen LogP contribution in [0.3, 0.4) is 0 Å². The first kappa shape index (κ1) is 17.2. The number of anilines is 1. The Labute approximate surface area is 151 Å². The number of benzene rings is 2. The molecule has 0 atom stereocenters. The second-order valence-electron chi connectivity index (χ2n) is 7.06. The van der Waals surface area contributed by atoms with Crippen LogP contribution in [0.25, 0.3) is 5.57 Å². The summed E-state index contributed by atoms with van der Waals surface area (Å²) in [7, 11) is 0. The van der Waals surface area contributed by atoms with Crippen molar-refractivity contribution in [2.24, 2.45) is 5.10 Å². The lowest BCUT2D eigenvalue weighted by Gasteiger charge is -2.11. The molecule has 128 valence electrons. The van der Waals surface area contributed by atoms with Gasteiger partial charge < -0.3 is 0 Å². The number of nitrogens with one attached hydrogen (secondary N) is 1. The van der Waals surface area contributed by atoms with Crippen LogP contribution < -0.4 is 5.43 Å². The molecule has 0 heterocycles. The molecule has 0 fully saturated rings. The third kappa shape index (κ3) is 3.74. The van der Waals surface area contributed by atoms with Crippen molar-refractivity contribution in [3.05, 3.63) is 81.4 Å². The van der Waals surface area contributed by atoms with Crippen molar-refractivity contribution in [2.45, 2.75) is 41.0 Å². The fraction of sp³-hybridized carbons (Fsp3) is 0.261. The molecular formula is C23H26N2. The summed E-state index contributed by atoms with van der Waals surface area (Å²) in [5, 5.41) is 4.52. The fourth-order valence-corrected chi connectivity index (χ4v) is 3.64. The molecule has 0 unspecified atom stereocenters. The van der Waals surface area contributed by atoms with Gasteiger partial charge in [0.15, 0.2) is 0 Å². The summed E-state index contributed by atoms with van der Waals surface area (Å²) in [6.45, 7) is 10.7. The SMILES string of the molecule is CC1=CC(C)=C(c2ccccc2/C=N/Nc2c(C)cc(C)cc2C)C1. The fourth-order valence-electron chi connectivity index (χ4n) is 3.64. The molecule has 0 saturated heterocycles. The van der Waals surface area contributed by atoms with Crippen LogP contribution in [0.15, 0.2) is 58.7 Å². The monoisotopic (exact) mass is 330 g/mol. The van der Waals surface area contributed by atoms with Crippen molar-refractivity contribution in [1.29, 1.82) is 0 Å². The molecule has 3 rings (SSSR count). The number of rotatable bonds is 4. The van der Waals surface area contributed by atoms with Crippen LogP contribution in [0.2, 0.25) is 0 Å². The minimum absolute atomic E-state index is 1.03. The molecule has 0 aliphatic heterocycles. The third-order valence-corrected chi connectivity index (χ3v) is 4.74. The Balaban J connectivity index is 1.86. The number of hydrogen-bond donors (Lipinski definition) is 1. The Hall–Kier alpha value is -2.61. The van der Waals surface area contributed by atoms with Crippen LogP contribution in [-0.2, 0) is 0 Å². The smallest absolute Gasteiger partial charge is 0.0620 e. The van der Waals surface area contributed by atoms with E-state index in [0.29, 0.717) is 0 Å². The summed E-state index contributed by atoms with van der Waals surface area (Å²) < 4.78 is 0. The normalized spacial score (nSPS) is 14.4. The molecule has 0 spiro atoms. The summed E-state index contributed by atoms with van der Waals surface area (Å²) in [5.74, 6) is 0. The van der Waals surface area contributed by atoms with Crippen molar-refractivity contribution >= 4 is 17.5 Å². The van der Waals surface area contributed by atoms with Crippen molar-refractivity contribution < 1.29 is 0 Å². The summed E-state index contributed by atoms with van der Waals surface area (Å²) in [5.41, 5.74) is 14.6. The average Bonchev–Trinajstić information content (AvgIpc) is 2.88. The minimum atomic E-state index is 1.03. The lowest BCUT2D eigenvalue weighted by Crippen LogP contribution is -1.98. The highest BCUT2D eigenvalue weighted by Gasteiger charge is 2.14. The van der Waals surface area contributed by atoms with E-state index in [9.17, 15) is 0 Å². The first-order chi connectivity index (χ1) is 12.0. The van der Waals surface area contributed by atoms with Crippen molar-refractivity contribution in [3.63, 3.8) is 0 Å². The van der Waals surface area contributed by atoms with Crippen LogP contribution in [0, 0.1) is 20.8 Å². The average molecular weight is 330 g/mol. The number of aryl methyl sites for hydroxylation is 3. The number of hydrazone groups is 1. The van der Waals surface area contributed by atoms with Gasteiger partial charge in [-0.2, -0.15) is 5.10 Å². The predicted molar refractivity (Wildman–Crippen MR) is 109 cm³/mol. The molecular weight excluding hydrogens is 304 g/mol. The van der Waals surface area contributed by atoms with Crippen LogP contribution in [0.5, 0.6) is 0 Å². The minimum Gasteiger partial charge on any atom is -0.278 e. The molecule has 0 bridgehead atoms. The molecule has 1 aliphatic carbocycles. The Kier molecular flexibility index (Phi) is 4.89. The Morgan fingerprint density at radius 1 is 0.960 bits per heavy atom. The third-order valence-electron chi connectivity index (χ3n) is 4.74.